The van der Waals surface area contributed by atoms with Gasteiger partial charge in [-0.1, -0.05) is 0 Å². The number of hydrogen-bond donors (Lipinski definition) is 1. The van der Waals surface area contributed by atoms with E-state index in [-0.39, 0.29) is 0 Å². The predicted molar refractivity (Wildman–Crippen MR) is 84.7 cm³/mol. The van der Waals surface area contributed by atoms with Crippen molar-refractivity contribution >= 4 is 18.3 Å². The lowest BCUT2D eigenvalue weighted by molar-refractivity contribution is 0.254. The van der Waals surface area contributed by atoms with Crippen LogP contribution in [0.15, 0.2) is 24.3 Å². The summed E-state index contributed by atoms with van der Waals surface area (Å²) in [5.41, 5.74) is 1.30. The number of hydrogen-bond acceptors (Lipinski definition) is 4. The minimum atomic E-state index is 0.925. The van der Waals surface area contributed by atoms with Crippen LogP contribution < -0.4 is 9.64 Å². The maximum atomic E-state index is 5.20. The number of nitrogens with zero attached hydrogens (tertiary/aromatic N) is 2. The van der Waals surface area contributed by atoms with E-state index in [0.717, 1.165) is 24.6 Å². The standard InChI is InChI=1S/C15H24N2OS/c1-18-15-6-4-14(5-7-15)17-11-9-16(10-12-17)8-2-3-13-19/h4-7,19H,2-3,8-13H2,1H3. The molecule has 4 heteroatoms. The molecule has 1 aromatic rings. The molecule has 0 radical (unpaired) electrons. The van der Waals surface area contributed by atoms with Crippen molar-refractivity contribution in [2.75, 3.05) is 50.5 Å². The first-order valence-electron chi connectivity index (χ1n) is 7.05. The van der Waals surface area contributed by atoms with Crippen molar-refractivity contribution in [2.45, 2.75) is 12.8 Å². The molecule has 1 saturated heterocycles. The van der Waals surface area contributed by atoms with Gasteiger partial charge in [-0.05, 0) is 49.4 Å². The lowest BCUT2D eigenvalue weighted by Crippen LogP contribution is -2.46. The van der Waals surface area contributed by atoms with E-state index in [1.54, 1.807) is 7.11 Å². The van der Waals surface area contributed by atoms with Crippen LogP contribution in [0.25, 0.3) is 0 Å². The minimum Gasteiger partial charge on any atom is -0.497 e. The summed E-state index contributed by atoms with van der Waals surface area (Å²) in [5.74, 6) is 1.93. The second kappa shape index (κ2) is 7.65. The molecule has 0 aliphatic carbocycles. The molecule has 3 nitrogen and oxygen atoms in total. The lowest BCUT2D eigenvalue weighted by atomic mass is 10.2. The van der Waals surface area contributed by atoms with E-state index in [0.29, 0.717) is 0 Å². The molecule has 0 spiro atoms. The van der Waals surface area contributed by atoms with Gasteiger partial charge in [-0.15, -0.1) is 0 Å². The van der Waals surface area contributed by atoms with Gasteiger partial charge in [-0.25, -0.2) is 0 Å². The minimum absolute atomic E-state index is 0.925. The summed E-state index contributed by atoms with van der Waals surface area (Å²) in [7, 11) is 1.71. The van der Waals surface area contributed by atoms with Crippen LogP contribution >= 0.6 is 12.6 Å². The average Bonchev–Trinajstić information content (AvgIpc) is 2.48. The predicted octanol–water partition coefficient (Wildman–Crippen LogP) is 2.53. The van der Waals surface area contributed by atoms with E-state index in [4.69, 9.17) is 4.74 Å². The third-order valence-corrected chi connectivity index (χ3v) is 4.01. The molecule has 19 heavy (non-hydrogen) atoms. The van der Waals surface area contributed by atoms with Crippen molar-refractivity contribution in [3.8, 4) is 5.75 Å². The lowest BCUT2D eigenvalue weighted by Gasteiger charge is -2.36. The monoisotopic (exact) mass is 280 g/mol. The summed E-state index contributed by atoms with van der Waals surface area (Å²) in [4.78, 5) is 5.01. The van der Waals surface area contributed by atoms with Crippen LogP contribution in [0.3, 0.4) is 0 Å². The maximum Gasteiger partial charge on any atom is 0.119 e. The van der Waals surface area contributed by atoms with Gasteiger partial charge < -0.3 is 9.64 Å². The Morgan fingerprint density at radius 3 is 2.32 bits per heavy atom. The molecule has 1 aromatic carbocycles. The number of benzene rings is 1. The first kappa shape index (κ1) is 14.5. The van der Waals surface area contributed by atoms with Gasteiger partial charge in [0.2, 0.25) is 0 Å². The molecular weight excluding hydrogens is 256 g/mol. The molecule has 1 aliphatic rings. The first-order chi connectivity index (χ1) is 9.33. The molecule has 0 aromatic heterocycles. The fraction of sp³-hybridized carbons (Fsp3) is 0.600. The van der Waals surface area contributed by atoms with Crippen LogP contribution in [0.2, 0.25) is 0 Å². The molecule has 0 bridgehead atoms. The Morgan fingerprint density at radius 1 is 1.05 bits per heavy atom. The van der Waals surface area contributed by atoms with E-state index in [9.17, 15) is 0 Å². The average molecular weight is 280 g/mol. The SMILES string of the molecule is COc1ccc(N2CCN(CCCCS)CC2)cc1. The van der Waals surface area contributed by atoms with Gasteiger partial charge in [-0.3, -0.25) is 4.90 Å². The Labute approximate surface area is 121 Å². The Balaban J connectivity index is 1.78. The molecule has 2 rings (SSSR count). The topological polar surface area (TPSA) is 15.7 Å². The number of thiol groups is 1. The van der Waals surface area contributed by atoms with Gasteiger partial charge in [0.05, 0.1) is 7.11 Å². The Kier molecular flexibility index (Phi) is 5.86. The third-order valence-electron chi connectivity index (χ3n) is 3.69. The van der Waals surface area contributed by atoms with E-state index in [2.05, 4.69) is 34.6 Å². The molecule has 1 fully saturated rings. The van der Waals surface area contributed by atoms with Crippen molar-refractivity contribution in [3.05, 3.63) is 24.3 Å². The molecule has 0 saturated carbocycles. The van der Waals surface area contributed by atoms with E-state index < -0.39 is 0 Å². The fourth-order valence-electron chi connectivity index (χ4n) is 2.47. The van der Waals surface area contributed by atoms with Gasteiger partial charge in [0.25, 0.3) is 0 Å². The van der Waals surface area contributed by atoms with Crippen LogP contribution in [0, 0.1) is 0 Å². The number of anilines is 1. The van der Waals surface area contributed by atoms with Crippen LogP contribution in [0.4, 0.5) is 5.69 Å². The number of rotatable bonds is 6. The second-order valence-corrected chi connectivity index (χ2v) is 5.40. The zero-order valence-corrected chi connectivity index (χ0v) is 12.6. The summed E-state index contributed by atoms with van der Waals surface area (Å²) >= 11 is 4.26. The molecule has 0 unspecified atom stereocenters. The smallest absolute Gasteiger partial charge is 0.119 e. The molecule has 1 heterocycles. The van der Waals surface area contributed by atoms with Crippen molar-refractivity contribution in [1.29, 1.82) is 0 Å². The van der Waals surface area contributed by atoms with Crippen LogP contribution in [-0.2, 0) is 0 Å². The number of unbranched alkanes of at least 4 members (excludes halogenated alkanes) is 1. The summed E-state index contributed by atoms with van der Waals surface area (Å²) in [6.45, 7) is 5.79. The van der Waals surface area contributed by atoms with Crippen molar-refractivity contribution in [2.24, 2.45) is 0 Å². The van der Waals surface area contributed by atoms with Gasteiger partial charge in [0, 0.05) is 31.9 Å². The summed E-state index contributed by atoms with van der Waals surface area (Å²) in [6.07, 6.45) is 2.49. The summed E-state index contributed by atoms with van der Waals surface area (Å²) < 4.78 is 5.20. The number of methoxy groups -OCH3 is 1. The molecule has 1 aliphatic heterocycles. The van der Waals surface area contributed by atoms with Crippen molar-refractivity contribution in [3.63, 3.8) is 0 Å². The third kappa shape index (κ3) is 4.32. The van der Waals surface area contributed by atoms with Crippen molar-refractivity contribution < 1.29 is 4.74 Å². The second-order valence-electron chi connectivity index (χ2n) is 4.96. The number of piperazine rings is 1. The van der Waals surface area contributed by atoms with Crippen molar-refractivity contribution in [1.82, 2.24) is 4.90 Å². The first-order valence-corrected chi connectivity index (χ1v) is 7.69. The Hall–Kier alpha value is -0.870. The molecular formula is C15H24N2OS. The van der Waals surface area contributed by atoms with Gasteiger partial charge in [-0.2, -0.15) is 12.6 Å². The molecule has 0 N–H and O–H groups in total. The zero-order chi connectivity index (χ0) is 13.5. The van der Waals surface area contributed by atoms with E-state index in [1.165, 1.54) is 38.2 Å². The Morgan fingerprint density at radius 2 is 1.74 bits per heavy atom. The maximum absolute atomic E-state index is 5.20. The van der Waals surface area contributed by atoms with Crippen LogP contribution in [0.5, 0.6) is 5.75 Å². The van der Waals surface area contributed by atoms with Gasteiger partial charge in [0.15, 0.2) is 0 Å². The van der Waals surface area contributed by atoms with Gasteiger partial charge in [0.1, 0.15) is 5.75 Å². The molecule has 0 amide bonds. The number of ether oxygens (including phenoxy) is 1. The highest BCUT2D eigenvalue weighted by Crippen LogP contribution is 2.20. The van der Waals surface area contributed by atoms with Crippen LogP contribution in [0.1, 0.15) is 12.8 Å². The molecule has 0 atom stereocenters. The Bertz CT molecular complexity index is 361. The van der Waals surface area contributed by atoms with E-state index in [1.807, 2.05) is 12.1 Å². The summed E-state index contributed by atoms with van der Waals surface area (Å²) in [6, 6.07) is 8.37. The zero-order valence-electron chi connectivity index (χ0n) is 11.7. The normalized spacial score (nSPS) is 16.6. The van der Waals surface area contributed by atoms with E-state index >= 15 is 0 Å². The fourth-order valence-corrected chi connectivity index (χ4v) is 2.69. The largest absolute Gasteiger partial charge is 0.497 e. The van der Waals surface area contributed by atoms with Crippen LogP contribution in [-0.4, -0.2) is 50.5 Å². The highest BCUT2D eigenvalue weighted by Gasteiger charge is 2.16. The highest BCUT2D eigenvalue weighted by molar-refractivity contribution is 7.80. The quantitative estimate of drug-likeness (QED) is 0.637. The highest BCUT2D eigenvalue weighted by atomic mass is 32.1. The van der Waals surface area contributed by atoms with Gasteiger partial charge >= 0.3 is 0 Å². The molecule has 106 valence electrons. The summed E-state index contributed by atoms with van der Waals surface area (Å²) in [5, 5.41) is 0.